The molecule has 0 amide bonds. The van der Waals surface area contributed by atoms with Crippen molar-refractivity contribution in [2.45, 2.75) is 0 Å². The summed E-state index contributed by atoms with van der Waals surface area (Å²) in [7, 11) is 0. The number of rotatable bonds is 4. The van der Waals surface area contributed by atoms with Gasteiger partial charge in [0.15, 0.2) is 11.6 Å². The molecular formula is C30H19N5S. The molecule has 0 N–H and O–H groups in total. The summed E-state index contributed by atoms with van der Waals surface area (Å²) in [5, 5.41) is 3.28. The Morgan fingerprint density at radius 1 is 0.556 bits per heavy atom. The van der Waals surface area contributed by atoms with Gasteiger partial charge >= 0.3 is 0 Å². The van der Waals surface area contributed by atoms with Crippen molar-refractivity contribution in [3.63, 3.8) is 0 Å². The lowest BCUT2D eigenvalue weighted by Gasteiger charge is -2.09. The highest BCUT2D eigenvalue weighted by atomic mass is 32.1. The lowest BCUT2D eigenvalue weighted by molar-refractivity contribution is 1.15. The highest BCUT2D eigenvalue weighted by Gasteiger charge is 2.15. The van der Waals surface area contributed by atoms with Gasteiger partial charge in [-0.1, -0.05) is 60.7 Å². The van der Waals surface area contributed by atoms with Crippen molar-refractivity contribution in [1.29, 1.82) is 0 Å². The molecule has 4 aromatic carbocycles. The van der Waals surface area contributed by atoms with Crippen LogP contribution < -0.4 is 0 Å². The Morgan fingerprint density at radius 3 is 2.19 bits per heavy atom. The molecule has 0 aliphatic rings. The van der Waals surface area contributed by atoms with Gasteiger partial charge < -0.3 is 4.57 Å². The highest BCUT2D eigenvalue weighted by molar-refractivity contribution is 7.09. The molecular weight excluding hydrogens is 462 g/mol. The summed E-state index contributed by atoms with van der Waals surface area (Å²) in [6.45, 7) is 0. The third-order valence-corrected chi connectivity index (χ3v) is 7.07. The average molecular weight is 482 g/mol. The second kappa shape index (κ2) is 8.52. The molecule has 0 aliphatic heterocycles. The minimum Gasteiger partial charge on any atom is -0.309 e. The van der Waals surface area contributed by atoms with Crippen LogP contribution in [0, 0.1) is 0 Å². The second-order valence-electron chi connectivity index (χ2n) is 8.50. The molecule has 0 unspecified atom stereocenters. The number of fused-ring (bicyclic) bond motifs is 3. The van der Waals surface area contributed by atoms with Crippen LogP contribution in [-0.4, -0.2) is 23.9 Å². The lowest BCUT2D eigenvalue weighted by Crippen LogP contribution is -1.95. The van der Waals surface area contributed by atoms with Crippen molar-refractivity contribution in [2.75, 3.05) is 0 Å². The van der Waals surface area contributed by atoms with Crippen molar-refractivity contribution in [2.24, 2.45) is 0 Å². The van der Waals surface area contributed by atoms with Crippen LogP contribution in [0.3, 0.4) is 0 Å². The fourth-order valence-corrected chi connectivity index (χ4v) is 5.35. The van der Waals surface area contributed by atoms with Gasteiger partial charge in [0.2, 0.25) is 0 Å². The average Bonchev–Trinajstić information content (AvgIpc) is 3.57. The molecule has 36 heavy (non-hydrogen) atoms. The fourth-order valence-electron chi connectivity index (χ4n) is 4.66. The smallest absolute Gasteiger partial charge is 0.173 e. The van der Waals surface area contributed by atoms with Crippen LogP contribution in [0.25, 0.3) is 60.8 Å². The largest absolute Gasteiger partial charge is 0.309 e. The van der Waals surface area contributed by atoms with Crippen molar-refractivity contribution in [3.05, 3.63) is 116 Å². The lowest BCUT2D eigenvalue weighted by atomic mass is 10.1. The summed E-state index contributed by atoms with van der Waals surface area (Å²) in [5.41, 5.74) is 6.42. The normalized spacial score (nSPS) is 11.3. The van der Waals surface area contributed by atoms with Crippen molar-refractivity contribution >= 4 is 33.3 Å². The first-order chi connectivity index (χ1) is 17.8. The molecule has 6 heteroatoms. The van der Waals surface area contributed by atoms with E-state index in [4.69, 9.17) is 4.98 Å². The summed E-state index contributed by atoms with van der Waals surface area (Å²) in [6, 6.07) is 35.4. The Bertz CT molecular complexity index is 1840. The molecule has 0 fully saturated rings. The minimum atomic E-state index is 0.714. The maximum absolute atomic E-state index is 4.83. The zero-order valence-electron chi connectivity index (χ0n) is 19.1. The van der Waals surface area contributed by atoms with Gasteiger partial charge in [-0.25, -0.2) is 15.0 Å². The Balaban J connectivity index is 1.38. The summed E-state index contributed by atoms with van der Waals surface area (Å²) < 4.78 is 6.97. The van der Waals surface area contributed by atoms with Gasteiger partial charge in [-0.2, -0.15) is 4.37 Å². The molecule has 5 nitrogen and oxygen atoms in total. The Kier molecular flexibility index (Phi) is 4.89. The number of para-hydroxylation sites is 1. The van der Waals surface area contributed by atoms with E-state index in [2.05, 4.69) is 91.7 Å². The Morgan fingerprint density at radius 2 is 1.31 bits per heavy atom. The number of nitrogens with zero attached hydrogens (tertiary/aromatic N) is 5. The zero-order valence-corrected chi connectivity index (χ0v) is 19.9. The molecule has 0 radical (unpaired) electrons. The standard InChI is InChI=1S/C30H19N5S/c1-2-8-20(9-3-1)30-33-29(34-36-30)22-14-15-27-25(19-22)24-12-4-5-13-26(24)35(27)23-11-6-10-21(18-23)28-31-16-7-17-32-28/h1-19H. The van der Waals surface area contributed by atoms with E-state index in [1.807, 2.05) is 30.3 Å². The molecule has 170 valence electrons. The number of hydrogen-bond acceptors (Lipinski definition) is 5. The van der Waals surface area contributed by atoms with Gasteiger partial charge in [0.05, 0.1) is 11.0 Å². The van der Waals surface area contributed by atoms with Crippen LogP contribution in [0.15, 0.2) is 116 Å². The van der Waals surface area contributed by atoms with Crippen LogP contribution in [0.2, 0.25) is 0 Å². The second-order valence-corrected chi connectivity index (χ2v) is 9.25. The molecule has 0 saturated heterocycles. The van der Waals surface area contributed by atoms with Crippen molar-refractivity contribution < 1.29 is 0 Å². The minimum absolute atomic E-state index is 0.714. The fraction of sp³-hybridized carbons (Fsp3) is 0. The van der Waals surface area contributed by atoms with E-state index in [-0.39, 0.29) is 0 Å². The first-order valence-electron chi connectivity index (χ1n) is 11.7. The highest BCUT2D eigenvalue weighted by Crippen LogP contribution is 2.35. The van der Waals surface area contributed by atoms with Gasteiger partial charge in [-0.15, -0.1) is 0 Å². The maximum Gasteiger partial charge on any atom is 0.173 e. The number of benzene rings is 4. The molecule has 0 bridgehead atoms. The molecule has 0 aliphatic carbocycles. The van der Waals surface area contributed by atoms with E-state index in [9.17, 15) is 0 Å². The van der Waals surface area contributed by atoms with Gasteiger partial charge in [0.25, 0.3) is 0 Å². The molecule has 3 heterocycles. The summed E-state index contributed by atoms with van der Waals surface area (Å²) in [6.07, 6.45) is 3.54. The summed E-state index contributed by atoms with van der Waals surface area (Å²) >= 11 is 1.43. The monoisotopic (exact) mass is 481 g/mol. The van der Waals surface area contributed by atoms with Crippen LogP contribution in [0.5, 0.6) is 0 Å². The van der Waals surface area contributed by atoms with Crippen LogP contribution >= 0.6 is 11.5 Å². The zero-order chi connectivity index (χ0) is 23.9. The quantitative estimate of drug-likeness (QED) is 0.262. The topological polar surface area (TPSA) is 56.5 Å². The predicted molar refractivity (Wildman–Crippen MR) is 146 cm³/mol. The number of hydrogen-bond donors (Lipinski definition) is 0. The summed E-state index contributed by atoms with van der Waals surface area (Å²) in [4.78, 5) is 13.7. The molecule has 0 saturated carbocycles. The van der Waals surface area contributed by atoms with Gasteiger partial charge in [0, 0.05) is 45.5 Å². The van der Waals surface area contributed by atoms with Crippen molar-refractivity contribution in [1.82, 2.24) is 23.9 Å². The SMILES string of the molecule is c1ccc(-c2nc(-c3ccc4c(c3)c3ccccc3n4-c3cccc(-c4ncccn4)c3)ns2)cc1. The maximum atomic E-state index is 4.83. The van der Waals surface area contributed by atoms with E-state index in [0.29, 0.717) is 5.82 Å². The molecule has 0 spiro atoms. The van der Waals surface area contributed by atoms with E-state index in [1.54, 1.807) is 12.4 Å². The first-order valence-corrected chi connectivity index (χ1v) is 12.4. The third-order valence-electron chi connectivity index (χ3n) is 6.31. The van der Waals surface area contributed by atoms with E-state index >= 15 is 0 Å². The van der Waals surface area contributed by atoms with E-state index in [1.165, 1.54) is 22.3 Å². The summed E-state index contributed by atoms with van der Waals surface area (Å²) in [5.74, 6) is 1.46. The Hall–Kier alpha value is -4.68. The van der Waals surface area contributed by atoms with Crippen LogP contribution in [0.1, 0.15) is 0 Å². The molecule has 7 rings (SSSR count). The van der Waals surface area contributed by atoms with Gasteiger partial charge in [-0.05, 0) is 54.0 Å². The van der Waals surface area contributed by atoms with E-state index < -0.39 is 0 Å². The van der Waals surface area contributed by atoms with Gasteiger partial charge in [0.1, 0.15) is 5.01 Å². The molecule has 3 aromatic heterocycles. The van der Waals surface area contributed by atoms with Crippen molar-refractivity contribution in [3.8, 4) is 39.0 Å². The predicted octanol–water partition coefficient (Wildman–Crippen LogP) is 7.43. The van der Waals surface area contributed by atoms with Gasteiger partial charge in [-0.3, -0.25) is 0 Å². The van der Waals surface area contributed by atoms with E-state index in [0.717, 1.165) is 44.2 Å². The first kappa shape index (κ1) is 20.7. The molecule has 7 aromatic rings. The molecule has 0 atom stereocenters. The van der Waals surface area contributed by atoms with Crippen LogP contribution in [-0.2, 0) is 0 Å². The Labute approximate surface area is 211 Å². The third kappa shape index (κ3) is 3.47. The number of aromatic nitrogens is 5. The van der Waals surface area contributed by atoms with Crippen LogP contribution in [0.4, 0.5) is 0 Å².